The number of benzene rings is 1. The third-order valence-electron chi connectivity index (χ3n) is 5.78. The maximum absolute atomic E-state index is 13.2. The molecule has 31 heavy (non-hydrogen) atoms. The normalized spacial score (nSPS) is 18.2. The third-order valence-corrected chi connectivity index (χ3v) is 7.15. The fraction of sp³-hybridized carbons (Fsp3) is 0.348. The van der Waals surface area contributed by atoms with E-state index in [4.69, 9.17) is 17.3 Å². The van der Waals surface area contributed by atoms with Crippen molar-refractivity contribution in [2.45, 2.75) is 32.9 Å². The number of nitrogens with two attached hydrogens (primary N) is 1. The molecule has 162 valence electrons. The SMILES string of the molecule is CCC1C(=O)N(Cc2ccc3c(N)ncnc3c2)CCN1C/C=C(/C)c1ccc(Cl)s1. The van der Waals surface area contributed by atoms with Gasteiger partial charge in [0.15, 0.2) is 0 Å². The van der Waals surface area contributed by atoms with Crippen LogP contribution in [0, 0.1) is 0 Å². The van der Waals surface area contributed by atoms with Gasteiger partial charge in [-0.25, -0.2) is 9.97 Å². The Morgan fingerprint density at radius 2 is 2.13 bits per heavy atom. The first-order chi connectivity index (χ1) is 15.0. The number of fused-ring (bicyclic) bond motifs is 1. The van der Waals surface area contributed by atoms with Crippen LogP contribution in [0.4, 0.5) is 5.82 Å². The summed E-state index contributed by atoms with van der Waals surface area (Å²) < 4.78 is 0.792. The fourth-order valence-corrected chi connectivity index (χ4v) is 5.05. The number of thiophene rings is 1. The molecule has 4 rings (SSSR count). The molecule has 8 heteroatoms. The molecule has 1 atom stereocenters. The highest BCUT2D eigenvalue weighted by molar-refractivity contribution is 7.17. The second-order valence-electron chi connectivity index (χ2n) is 7.78. The lowest BCUT2D eigenvalue weighted by atomic mass is 10.1. The van der Waals surface area contributed by atoms with Crippen molar-refractivity contribution in [3.8, 4) is 0 Å². The van der Waals surface area contributed by atoms with Gasteiger partial charge in [0, 0.05) is 36.4 Å². The van der Waals surface area contributed by atoms with Crippen molar-refractivity contribution >= 4 is 51.1 Å². The molecule has 1 amide bonds. The summed E-state index contributed by atoms with van der Waals surface area (Å²) in [6, 6.07) is 9.78. The van der Waals surface area contributed by atoms with E-state index < -0.39 is 0 Å². The summed E-state index contributed by atoms with van der Waals surface area (Å²) in [5, 5.41) is 0.836. The fourth-order valence-electron chi connectivity index (χ4n) is 4.01. The molecule has 1 aliphatic rings. The van der Waals surface area contributed by atoms with Crippen LogP contribution in [0.1, 0.15) is 30.7 Å². The molecule has 1 aliphatic heterocycles. The number of aromatic nitrogens is 2. The van der Waals surface area contributed by atoms with Gasteiger partial charge < -0.3 is 10.6 Å². The van der Waals surface area contributed by atoms with Crippen LogP contribution in [-0.2, 0) is 11.3 Å². The summed E-state index contributed by atoms with van der Waals surface area (Å²) in [6.45, 7) is 7.05. The van der Waals surface area contributed by atoms with Gasteiger partial charge in [-0.05, 0) is 48.7 Å². The number of nitrogens with zero attached hydrogens (tertiary/aromatic N) is 4. The number of halogens is 1. The van der Waals surface area contributed by atoms with Gasteiger partial charge >= 0.3 is 0 Å². The lowest BCUT2D eigenvalue weighted by Crippen LogP contribution is -2.56. The summed E-state index contributed by atoms with van der Waals surface area (Å²) >= 11 is 7.64. The molecule has 3 heterocycles. The van der Waals surface area contributed by atoms with E-state index in [1.807, 2.05) is 35.2 Å². The first kappa shape index (κ1) is 21.7. The third kappa shape index (κ3) is 4.74. The molecule has 1 fully saturated rings. The molecule has 0 spiro atoms. The van der Waals surface area contributed by atoms with Crippen LogP contribution >= 0.6 is 22.9 Å². The predicted octanol–water partition coefficient (Wildman–Crippen LogP) is 4.45. The number of carbonyl (C=O) groups excluding carboxylic acids is 1. The van der Waals surface area contributed by atoms with Crippen molar-refractivity contribution in [2.75, 3.05) is 25.4 Å². The molecule has 1 aromatic carbocycles. The Morgan fingerprint density at radius 1 is 1.29 bits per heavy atom. The van der Waals surface area contributed by atoms with E-state index in [1.165, 1.54) is 16.8 Å². The molecule has 2 N–H and O–H groups in total. The Kier molecular flexibility index (Phi) is 6.55. The largest absolute Gasteiger partial charge is 0.383 e. The number of allylic oxidation sites excluding steroid dienone is 1. The molecule has 6 nitrogen and oxygen atoms in total. The smallest absolute Gasteiger partial charge is 0.240 e. The number of rotatable bonds is 6. The molecule has 0 radical (unpaired) electrons. The highest BCUT2D eigenvalue weighted by Crippen LogP contribution is 2.28. The summed E-state index contributed by atoms with van der Waals surface area (Å²) in [5.74, 6) is 0.654. The van der Waals surface area contributed by atoms with Gasteiger partial charge in [0.2, 0.25) is 5.91 Å². The van der Waals surface area contributed by atoms with Gasteiger partial charge in [-0.3, -0.25) is 9.69 Å². The van der Waals surface area contributed by atoms with Crippen LogP contribution < -0.4 is 5.73 Å². The van der Waals surface area contributed by atoms with E-state index in [-0.39, 0.29) is 11.9 Å². The highest BCUT2D eigenvalue weighted by atomic mass is 35.5. The average molecular weight is 456 g/mol. The maximum atomic E-state index is 13.2. The van der Waals surface area contributed by atoms with E-state index >= 15 is 0 Å². The summed E-state index contributed by atoms with van der Waals surface area (Å²) in [6.07, 6.45) is 4.45. The van der Waals surface area contributed by atoms with Gasteiger partial charge in [-0.2, -0.15) is 0 Å². The first-order valence-electron chi connectivity index (χ1n) is 10.4. The number of anilines is 1. The minimum atomic E-state index is -0.108. The highest BCUT2D eigenvalue weighted by Gasteiger charge is 2.32. The standard InChI is InChI=1S/C23H26ClN5OS/c1-3-19-23(30)29(13-16-4-5-17-18(12-16)26-14-27-22(17)25)11-10-28(19)9-8-15(2)20-6-7-21(24)31-20/h4-8,12,14,19H,3,9-11,13H2,1-2H3,(H2,25,26,27)/b15-8-. The number of carbonyl (C=O) groups is 1. The Morgan fingerprint density at radius 3 is 2.87 bits per heavy atom. The molecule has 0 saturated carbocycles. The molecule has 0 aliphatic carbocycles. The summed E-state index contributed by atoms with van der Waals surface area (Å²) in [5.41, 5.74) is 8.97. The van der Waals surface area contributed by atoms with E-state index in [0.29, 0.717) is 18.9 Å². The van der Waals surface area contributed by atoms with Crippen molar-refractivity contribution < 1.29 is 4.79 Å². The van der Waals surface area contributed by atoms with E-state index in [0.717, 1.165) is 40.3 Å². The van der Waals surface area contributed by atoms with Crippen molar-refractivity contribution in [3.05, 3.63) is 57.5 Å². The van der Waals surface area contributed by atoms with Crippen molar-refractivity contribution in [3.63, 3.8) is 0 Å². The number of hydrogen-bond donors (Lipinski definition) is 1. The molecular weight excluding hydrogens is 430 g/mol. The zero-order valence-corrected chi connectivity index (χ0v) is 19.3. The first-order valence-corrected chi connectivity index (χ1v) is 11.6. The van der Waals surface area contributed by atoms with Crippen LogP contribution in [0.3, 0.4) is 0 Å². The van der Waals surface area contributed by atoms with Crippen molar-refractivity contribution in [1.29, 1.82) is 0 Å². The zero-order valence-electron chi connectivity index (χ0n) is 17.7. The minimum Gasteiger partial charge on any atom is -0.383 e. The van der Waals surface area contributed by atoms with Gasteiger partial charge in [-0.1, -0.05) is 30.7 Å². The Labute approximate surface area is 191 Å². The van der Waals surface area contributed by atoms with Crippen LogP contribution in [0.15, 0.2) is 42.7 Å². The topological polar surface area (TPSA) is 75.3 Å². The number of hydrogen-bond acceptors (Lipinski definition) is 6. The predicted molar refractivity (Wildman–Crippen MR) is 128 cm³/mol. The van der Waals surface area contributed by atoms with E-state index in [9.17, 15) is 4.79 Å². The molecule has 1 saturated heterocycles. The Hall–Kier alpha value is -2.48. The van der Waals surface area contributed by atoms with Crippen LogP contribution in [0.2, 0.25) is 4.34 Å². The molecule has 2 aromatic heterocycles. The molecule has 3 aromatic rings. The number of piperazine rings is 1. The quantitative estimate of drug-likeness (QED) is 0.594. The zero-order chi connectivity index (χ0) is 22.0. The molecule has 0 bridgehead atoms. The summed E-state index contributed by atoms with van der Waals surface area (Å²) in [7, 11) is 0. The Bertz CT molecular complexity index is 1130. The van der Waals surface area contributed by atoms with E-state index in [1.54, 1.807) is 11.3 Å². The van der Waals surface area contributed by atoms with Gasteiger partial charge in [0.1, 0.15) is 12.1 Å². The maximum Gasteiger partial charge on any atom is 0.240 e. The van der Waals surface area contributed by atoms with Crippen molar-refractivity contribution in [2.24, 2.45) is 0 Å². The van der Waals surface area contributed by atoms with Crippen LogP contribution in [-0.4, -0.2) is 51.4 Å². The Balaban J connectivity index is 1.44. The van der Waals surface area contributed by atoms with Gasteiger partial charge in [0.25, 0.3) is 0 Å². The van der Waals surface area contributed by atoms with Crippen LogP contribution in [0.5, 0.6) is 0 Å². The van der Waals surface area contributed by atoms with Crippen LogP contribution in [0.25, 0.3) is 16.5 Å². The molecular formula is C23H26ClN5OS. The average Bonchev–Trinajstić information content (AvgIpc) is 3.20. The van der Waals surface area contributed by atoms with Crippen molar-refractivity contribution in [1.82, 2.24) is 19.8 Å². The second kappa shape index (κ2) is 9.34. The number of amides is 1. The number of nitrogen functional groups attached to an aromatic ring is 1. The van der Waals surface area contributed by atoms with Gasteiger partial charge in [0.05, 0.1) is 15.9 Å². The monoisotopic (exact) mass is 455 g/mol. The van der Waals surface area contributed by atoms with Gasteiger partial charge in [-0.15, -0.1) is 11.3 Å². The minimum absolute atomic E-state index is 0.108. The second-order valence-corrected chi connectivity index (χ2v) is 9.50. The van der Waals surface area contributed by atoms with E-state index in [2.05, 4.69) is 34.8 Å². The lowest BCUT2D eigenvalue weighted by Gasteiger charge is -2.40. The molecule has 1 unspecified atom stereocenters. The summed E-state index contributed by atoms with van der Waals surface area (Å²) in [4.78, 5) is 26.9. The lowest BCUT2D eigenvalue weighted by molar-refractivity contribution is -0.142.